The molecule has 0 spiro atoms. The van der Waals surface area contributed by atoms with E-state index in [1.54, 1.807) is 6.07 Å². The van der Waals surface area contributed by atoms with Gasteiger partial charge in [-0.2, -0.15) is 5.10 Å². The maximum absolute atomic E-state index is 11.3. The zero-order valence-corrected chi connectivity index (χ0v) is 17.5. The Balaban J connectivity index is 1.80. The summed E-state index contributed by atoms with van der Waals surface area (Å²) >= 11 is 0. The van der Waals surface area contributed by atoms with Crippen LogP contribution in [0.2, 0.25) is 0 Å². The fourth-order valence-corrected chi connectivity index (χ4v) is 4.37. The molecule has 1 aromatic heterocycles. The molecule has 0 fully saturated rings. The molecule has 0 N–H and O–H groups in total. The largest absolute Gasteiger partial charge is 0.298 e. The fourth-order valence-electron chi connectivity index (χ4n) is 4.37. The molecule has 0 aliphatic carbocycles. The molecule has 0 saturated carbocycles. The molecule has 5 rings (SSSR count). The van der Waals surface area contributed by atoms with Crippen molar-refractivity contribution in [2.24, 2.45) is 0 Å². The highest BCUT2D eigenvalue weighted by Crippen LogP contribution is 2.40. The number of benzene rings is 4. The van der Waals surface area contributed by atoms with Gasteiger partial charge in [-0.3, -0.25) is 9.48 Å². The zero-order valence-electron chi connectivity index (χ0n) is 17.5. The predicted octanol–water partition coefficient (Wildman–Crippen LogP) is 6.20. The van der Waals surface area contributed by atoms with Crippen molar-refractivity contribution in [1.29, 1.82) is 0 Å². The predicted molar refractivity (Wildman–Crippen MR) is 128 cm³/mol. The first kappa shape index (κ1) is 19.7. The van der Waals surface area contributed by atoms with Crippen LogP contribution in [0.25, 0.3) is 11.3 Å². The molecule has 4 aromatic carbocycles. The minimum Gasteiger partial charge on any atom is -0.298 e. The van der Waals surface area contributed by atoms with E-state index in [9.17, 15) is 4.79 Å². The summed E-state index contributed by atoms with van der Waals surface area (Å²) in [6.45, 7) is 0. The molecule has 3 heteroatoms. The number of aldehydes is 1. The van der Waals surface area contributed by atoms with Crippen LogP contribution >= 0.6 is 0 Å². The second-order valence-corrected chi connectivity index (χ2v) is 7.70. The third kappa shape index (κ3) is 3.34. The van der Waals surface area contributed by atoms with Crippen molar-refractivity contribution in [3.05, 3.63) is 150 Å². The van der Waals surface area contributed by atoms with Gasteiger partial charge in [0.2, 0.25) is 0 Å². The first-order valence-electron chi connectivity index (χ1n) is 10.6. The molecule has 5 aromatic rings. The first-order chi connectivity index (χ1) is 15.8. The Morgan fingerprint density at radius 3 is 1.66 bits per heavy atom. The Kier molecular flexibility index (Phi) is 5.22. The number of nitrogens with zero attached hydrogens (tertiary/aromatic N) is 2. The molecule has 0 unspecified atom stereocenters. The lowest BCUT2D eigenvalue weighted by Gasteiger charge is -2.36. The van der Waals surface area contributed by atoms with Crippen molar-refractivity contribution in [3.63, 3.8) is 0 Å². The van der Waals surface area contributed by atoms with Crippen LogP contribution in [0.3, 0.4) is 0 Å². The summed E-state index contributed by atoms with van der Waals surface area (Å²) in [5, 5.41) is 5.06. The van der Waals surface area contributed by atoms with Crippen molar-refractivity contribution < 1.29 is 4.79 Å². The highest BCUT2D eigenvalue weighted by Gasteiger charge is 2.39. The molecule has 154 valence electrons. The van der Waals surface area contributed by atoms with E-state index in [2.05, 4.69) is 72.8 Å². The summed E-state index contributed by atoms with van der Waals surface area (Å²) < 4.78 is 2.04. The average molecular weight is 415 g/mol. The van der Waals surface area contributed by atoms with Crippen molar-refractivity contribution >= 4 is 6.29 Å². The number of rotatable bonds is 6. The Hall–Kier alpha value is -4.24. The van der Waals surface area contributed by atoms with Crippen LogP contribution in [0.4, 0.5) is 0 Å². The van der Waals surface area contributed by atoms with Gasteiger partial charge >= 0.3 is 0 Å². The van der Waals surface area contributed by atoms with Crippen molar-refractivity contribution in [2.75, 3.05) is 0 Å². The molecule has 0 amide bonds. The summed E-state index contributed by atoms with van der Waals surface area (Å²) in [6.07, 6.45) is 2.89. The maximum Gasteiger partial charge on any atom is 0.150 e. The van der Waals surface area contributed by atoms with E-state index in [1.165, 1.54) is 0 Å². The quantitative estimate of drug-likeness (QED) is 0.245. The summed E-state index contributed by atoms with van der Waals surface area (Å²) in [4.78, 5) is 11.3. The Bertz CT molecular complexity index is 1230. The molecule has 0 atom stereocenters. The third-order valence-corrected chi connectivity index (χ3v) is 5.83. The van der Waals surface area contributed by atoms with E-state index in [0.29, 0.717) is 5.56 Å². The molecule has 32 heavy (non-hydrogen) atoms. The minimum absolute atomic E-state index is 0.637. The highest BCUT2D eigenvalue weighted by atomic mass is 16.1. The van der Waals surface area contributed by atoms with E-state index in [1.807, 2.05) is 53.3 Å². The summed E-state index contributed by atoms with van der Waals surface area (Å²) in [5.74, 6) is 0. The minimum atomic E-state index is -0.649. The van der Waals surface area contributed by atoms with Gasteiger partial charge in [-0.25, -0.2) is 0 Å². The normalized spacial score (nSPS) is 11.2. The third-order valence-electron chi connectivity index (χ3n) is 5.83. The number of hydrogen-bond donors (Lipinski definition) is 0. The zero-order chi connectivity index (χ0) is 21.8. The maximum atomic E-state index is 11.3. The summed E-state index contributed by atoms with van der Waals surface area (Å²) in [5.41, 5.74) is 5.08. The van der Waals surface area contributed by atoms with Crippen LogP contribution in [-0.4, -0.2) is 16.1 Å². The Labute approximate surface area is 187 Å². The van der Waals surface area contributed by atoms with Crippen molar-refractivity contribution in [3.8, 4) is 11.3 Å². The number of aromatic nitrogens is 2. The van der Waals surface area contributed by atoms with Crippen LogP contribution in [-0.2, 0) is 5.54 Å². The second kappa shape index (κ2) is 8.48. The summed E-state index contributed by atoms with van der Waals surface area (Å²) in [6, 6.07) is 40.9. The molecule has 0 saturated heterocycles. The van der Waals surface area contributed by atoms with Gasteiger partial charge in [0.25, 0.3) is 0 Å². The highest BCUT2D eigenvalue weighted by molar-refractivity contribution is 5.78. The number of carbonyl (C=O) groups is 1. The molecular weight excluding hydrogens is 392 g/mol. The Morgan fingerprint density at radius 2 is 1.16 bits per heavy atom. The fraction of sp³-hybridized carbons (Fsp3) is 0.0345. The number of carbonyl (C=O) groups excluding carboxylic acids is 1. The van der Waals surface area contributed by atoms with E-state index >= 15 is 0 Å². The van der Waals surface area contributed by atoms with E-state index in [4.69, 9.17) is 5.10 Å². The first-order valence-corrected chi connectivity index (χ1v) is 10.6. The van der Waals surface area contributed by atoms with Crippen LogP contribution in [0.15, 0.2) is 128 Å². The van der Waals surface area contributed by atoms with E-state index in [0.717, 1.165) is 34.2 Å². The van der Waals surface area contributed by atoms with Gasteiger partial charge in [0.15, 0.2) is 0 Å². The van der Waals surface area contributed by atoms with Crippen LogP contribution in [0.5, 0.6) is 0 Å². The molecule has 1 heterocycles. The molecular formula is C29H22N2O. The van der Waals surface area contributed by atoms with E-state index in [-0.39, 0.29) is 0 Å². The van der Waals surface area contributed by atoms with Gasteiger partial charge in [-0.1, -0.05) is 109 Å². The van der Waals surface area contributed by atoms with Gasteiger partial charge < -0.3 is 0 Å². The van der Waals surface area contributed by atoms with Crippen LogP contribution in [0, 0.1) is 0 Å². The van der Waals surface area contributed by atoms with Gasteiger partial charge in [0.1, 0.15) is 11.8 Å². The van der Waals surface area contributed by atoms with Gasteiger partial charge in [0.05, 0.1) is 5.69 Å². The smallest absolute Gasteiger partial charge is 0.150 e. The molecule has 0 aliphatic rings. The van der Waals surface area contributed by atoms with Crippen molar-refractivity contribution in [1.82, 2.24) is 9.78 Å². The molecule has 3 nitrogen and oxygen atoms in total. The Morgan fingerprint density at radius 1 is 0.625 bits per heavy atom. The monoisotopic (exact) mass is 414 g/mol. The standard InChI is InChI=1S/C29H22N2O/c32-22-23-11-10-12-24(21-23)28-19-20-31(30-28)29(25-13-4-1-5-14-25,26-15-6-2-7-16-26)27-17-8-3-9-18-27/h1-22H. The van der Waals surface area contributed by atoms with Crippen LogP contribution < -0.4 is 0 Å². The topological polar surface area (TPSA) is 34.9 Å². The lowest BCUT2D eigenvalue weighted by atomic mass is 9.77. The van der Waals surface area contributed by atoms with Crippen molar-refractivity contribution in [2.45, 2.75) is 5.54 Å². The van der Waals surface area contributed by atoms with E-state index < -0.39 is 5.54 Å². The molecule has 0 radical (unpaired) electrons. The van der Waals surface area contributed by atoms with Gasteiger partial charge in [-0.15, -0.1) is 0 Å². The molecule has 0 aliphatic heterocycles. The van der Waals surface area contributed by atoms with Gasteiger partial charge in [0, 0.05) is 17.3 Å². The van der Waals surface area contributed by atoms with Gasteiger partial charge in [-0.05, 0) is 28.8 Å². The SMILES string of the molecule is O=Cc1cccc(-c2ccn(C(c3ccccc3)(c3ccccc3)c3ccccc3)n2)c1. The lowest BCUT2D eigenvalue weighted by molar-refractivity contribution is 0.112. The average Bonchev–Trinajstić information content (AvgIpc) is 3.37. The lowest BCUT2D eigenvalue weighted by Crippen LogP contribution is -2.38. The number of hydrogen-bond acceptors (Lipinski definition) is 2. The molecule has 0 bridgehead atoms. The second-order valence-electron chi connectivity index (χ2n) is 7.70. The summed E-state index contributed by atoms with van der Waals surface area (Å²) in [7, 11) is 0. The van der Waals surface area contributed by atoms with Crippen LogP contribution in [0.1, 0.15) is 27.0 Å².